The number of alkyl halides is 3. The molecule has 3 aliphatic rings. The minimum Gasteiger partial charge on any atom is -0.355 e. The monoisotopic (exact) mass is 595 g/mol. The summed E-state index contributed by atoms with van der Waals surface area (Å²) in [5, 5.41) is 5.21. The topological polar surface area (TPSA) is 95.6 Å². The Labute approximate surface area is 237 Å². The van der Waals surface area contributed by atoms with Gasteiger partial charge in [-0.15, -0.1) is 0 Å². The van der Waals surface area contributed by atoms with E-state index in [1.165, 1.54) is 30.1 Å². The largest absolute Gasteiger partial charge is 0.399 e. The standard InChI is InChI=1S/C29H33F4N3O4S/c1-20(37)34-16-17-35-27(38)36-18-15-28(19-36,41(39,40)25-13-11-24(30)12-14-25)23-9-7-22(8-10-23)26(29(31,32)33)21-5-3-2-4-6-21/h2-3,5,7,9,11-14,26H,4,6,8,10,15-19H2,1H3,(H,34,37)(H,35,38). The van der Waals surface area contributed by atoms with Gasteiger partial charge in [0.1, 0.15) is 10.6 Å². The van der Waals surface area contributed by atoms with E-state index in [0.29, 0.717) is 18.4 Å². The molecule has 2 N–H and O–H groups in total. The van der Waals surface area contributed by atoms with E-state index in [1.807, 2.05) is 6.08 Å². The Bertz CT molecular complexity index is 1400. The van der Waals surface area contributed by atoms with E-state index in [-0.39, 0.29) is 67.4 Å². The molecule has 0 saturated carbocycles. The fourth-order valence-electron chi connectivity index (χ4n) is 5.76. The number of nitrogens with one attached hydrogen (secondary N) is 2. The molecule has 1 aliphatic heterocycles. The Kier molecular flexibility index (Phi) is 9.10. The summed E-state index contributed by atoms with van der Waals surface area (Å²) in [5.41, 5.74) is 0.861. The van der Waals surface area contributed by atoms with E-state index in [2.05, 4.69) is 10.6 Å². The number of halogens is 4. The van der Waals surface area contributed by atoms with Gasteiger partial charge in [0.15, 0.2) is 9.84 Å². The van der Waals surface area contributed by atoms with Crippen LogP contribution in [0.1, 0.15) is 39.0 Å². The van der Waals surface area contributed by atoms with Gasteiger partial charge < -0.3 is 15.5 Å². The second kappa shape index (κ2) is 12.2. The molecule has 3 amide bonds. The van der Waals surface area contributed by atoms with Gasteiger partial charge in [0.05, 0.1) is 10.8 Å². The van der Waals surface area contributed by atoms with Crippen LogP contribution in [0.4, 0.5) is 22.4 Å². The Hall–Kier alpha value is -3.41. The lowest BCUT2D eigenvalue weighted by molar-refractivity contribution is -0.155. The van der Waals surface area contributed by atoms with Crippen LogP contribution in [-0.4, -0.2) is 62.4 Å². The third-order valence-corrected chi connectivity index (χ3v) is 10.3. The van der Waals surface area contributed by atoms with Gasteiger partial charge in [0.2, 0.25) is 5.91 Å². The van der Waals surface area contributed by atoms with Crippen LogP contribution in [-0.2, 0) is 14.6 Å². The predicted octanol–water partition coefficient (Wildman–Crippen LogP) is 4.99. The molecule has 2 atom stereocenters. The van der Waals surface area contributed by atoms with Crippen LogP contribution in [0.3, 0.4) is 0 Å². The van der Waals surface area contributed by atoms with Crippen molar-refractivity contribution in [2.24, 2.45) is 5.92 Å². The fourth-order valence-corrected chi connectivity index (χ4v) is 7.91. The number of nitrogens with zero attached hydrogens (tertiary/aromatic N) is 1. The smallest absolute Gasteiger partial charge is 0.355 e. The van der Waals surface area contributed by atoms with Crippen LogP contribution >= 0.6 is 0 Å². The molecule has 1 aromatic rings. The second-order valence-electron chi connectivity index (χ2n) is 10.5. The number of hydrogen-bond acceptors (Lipinski definition) is 4. The van der Waals surface area contributed by atoms with Gasteiger partial charge in [-0.25, -0.2) is 17.6 Å². The molecule has 222 valence electrons. The third kappa shape index (κ3) is 6.58. The van der Waals surface area contributed by atoms with Crippen molar-refractivity contribution >= 4 is 21.8 Å². The first-order chi connectivity index (χ1) is 19.3. The highest BCUT2D eigenvalue weighted by atomic mass is 32.2. The number of urea groups is 1. The summed E-state index contributed by atoms with van der Waals surface area (Å²) in [4.78, 5) is 25.2. The minimum atomic E-state index is -4.49. The van der Waals surface area contributed by atoms with Crippen molar-refractivity contribution in [2.75, 3.05) is 26.2 Å². The van der Waals surface area contributed by atoms with E-state index in [9.17, 15) is 35.6 Å². The average molecular weight is 596 g/mol. The van der Waals surface area contributed by atoms with E-state index in [0.717, 1.165) is 24.3 Å². The first-order valence-corrected chi connectivity index (χ1v) is 14.9. The zero-order valence-corrected chi connectivity index (χ0v) is 23.5. The molecule has 0 radical (unpaired) electrons. The van der Waals surface area contributed by atoms with Crippen LogP contribution in [0.2, 0.25) is 0 Å². The van der Waals surface area contributed by atoms with Crippen LogP contribution in [0.25, 0.3) is 0 Å². The number of benzene rings is 1. The number of carbonyl (C=O) groups is 2. The predicted molar refractivity (Wildman–Crippen MR) is 146 cm³/mol. The highest BCUT2D eigenvalue weighted by Gasteiger charge is 2.54. The van der Waals surface area contributed by atoms with E-state index >= 15 is 0 Å². The SMILES string of the molecule is CC(=O)NCCNC(=O)N1CCC(C2=CC=C(C(C3=CC=CCC3)C(F)(F)F)CC2)(S(=O)(=O)c2ccc(F)cc2)C1. The van der Waals surface area contributed by atoms with Crippen LogP contribution in [0, 0.1) is 11.7 Å². The molecule has 1 heterocycles. The van der Waals surface area contributed by atoms with Crippen LogP contribution < -0.4 is 10.6 Å². The Morgan fingerprint density at radius 2 is 1.68 bits per heavy atom. The molecule has 0 aromatic heterocycles. The highest BCUT2D eigenvalue weighted by Crippen LogP contribution is 2.47. The number of hydrogen-bond donors (Lipinski definition) is 2. The van der Waals surface area contributed by atoms with E-state index in [4.69, 9.17) is 0 Å². The van der Waals surface area contributed by atoms with Gasteiger partial charge in [0.25, 0.3) is 0 Å². The lowest BCUT2D eigenvalue weighted by Crippen LogP contribution is -2.47. The molecule has 41 heavy (non-hydrogen) atoms. The zero-order chi connectivity index (χ0) is 29.8. The Morgan fingerprint density at radius 3 is 2.27 bits per heavy atom. The van der Waals surface area contributed by atoms with Crippen molar-refractivity contribution in [3.63, 3.8) is 0 Å². The Morgan fingerprint density at radius 1 is 1.00 bits per heavy atom. The summed E-state index contributed by atoms with van der Waals surface area (Å²) in [5.74, 6) is -2.62. The molecule has 4 rings (SSSR count). The van der Waals surface area contributed by atoms with E-state index < -0.39 is 38.5 Å². The van der Waals surface area contributed by atoms with Gasteiger partial charge in [0, 0.05) is 33.1 Å². The fraction of sp³-hybridized carbons (Fsp3) is 0.448. The Balaban J connectivity index is 1.68. The summed E-state index contributed by atoms with van der Waals surface area (Å²) in [6, 6.07) is 3.88. The van der Waals surface area contributed by atoms with Gasteiger partial charge in [-0.1, -0.05) is 41.5 Å². The summed E-state index contributed by atoms with van der Waals surface area (Å²) in [6.45, 7) is 1.54. The van der Waals surface area contributed by atoms with Crippen molar-refractivity contribution in [1.29, 1.82) is 0 Å². The number of rotatable bonds is 8. The van der Waals surface area contributed by atoms with Crippen LogP contribution in [0.5, 0.6) is 0 Å². The van der Waals surface area contributed by atoms with Crippen LogP contribution in [0.15, 0.2) is 76.3 Å². The molecule has 1 saturated heterocycles. The number of carbonyl (C=O) groups excluding carboxylic acids is 2. The van der Waals surface area contributed by atoms with Gasteiger partial charge in [-0.05, 0) is 61.9 Å². The van der Waals surface area contributed by atoms with Gasteiger partial charge in [-0.3, -0.25) is 4.79 Å². The number of sulfone groups is 1. The maximum atomic E-state index is 14.2. The summed E-state index contributed by atoms with van der Waals surface area (Å²) in [6.07, 6.45) is 4.23. The molecular weight excluding hydrogens is 562 g/mol. The second-order valence-corrected chi connectivity index (χ2v) is 12.7. The first kappa shape index (κ1) is 30.5. The maximum absolute atomic E-state index is 14.2. The summed E-state index contributed by atoms with van der Waals surface area (Å²) < 4.78 is 82.8. The number of amides is 3. The lowest BCUT2D eigenvalue weighted by Gasteiger charge is -2.35. The maximum Gasteiger partial charge on any atom is 0.399 e. The molecule has 2 unspecified atom stereocenters. The minimum absolute atomic E-state index is 0.0145. The average Bonchev–Trinajstić information content (AvgIpc) is 3.39. The third-order valence-electron chi connectivity index (χ3n) is 7.81. The molecule has 1 aromatic carbocycles. The molecule has 0 bridgehead atoms. The van der Waals surface area contributed by atoms with Crippen molar-refractivity contribution < 1.29 is 35.6 Å². The summed E-state index contributed by atoms with van der Waals surface area (Å²) in [7, 11) is -4.19. The summed E-state index contributed by atoms with van der Waals surface area (Å²) >= 11 is 0. The molecule has 12 heteroatoms. The lowest BCUT2D eigenvalue weighted by atomic mass is 9.79. The molecule has 0 spiro atoms. The quantitative estimate of drug-likeness (QED) is 0.252. The van der Waals surface area contributed by atoms with Crippen molar-refractivity contribution in [1.82, 2.24) is 15.5 Å². The normalized spacial score (nSPS) is 22.0. The molecule has 2 aliphatic carbocycles. The van der Waals surface area contributed by atoms with Crippen molar-refractivity contribution in [3.05, 3.63) is 77.2 Å². The first-order valence-electron chi connectivity index (χ1n) is 13.4. The van der Waals surface area contributed by atoms with E-state index in [1.54, 1.807) is 6.08 Å². The van der Waals surface area contributed by atoms with Gasteiger partial charge in [-0.2, -0.15) is 13.2 Å². The molecule has 1 fully saturated rings. The zero-order valence-electron chi connectivity index (χ0n) is 22.6. The number of allylic oxidation sites excluding steroid dienone is 7. The molecule has 7 nitrogen and oxygen atoms in total. The van der Waals surface area contributed by atoms with Crippen molar-refractivity contribution in [2.45, 2.75) is 54.8 Å². The number of likely N-dealkylation sites (tertiary alicyclic amines) is 1. The van der Waals surface area contributed by atoms with Crippen molar-refractivity contribution in [3.8, 4) is 0 Å². The van der Waals surface area contributed by atoms with Gasteiger partial charge >= 0.3 is 12.2 Å². The highest BCUT2D eigenvalue weighted by molar-refractivity contribution is 7.93. The molecular formula is C29H33F4N3O4S.